The van der Waals surface area contributed by atoms with Crippen LogP contribution in [0.3, 0.4) is 0 Å². The first kappa shape index (κ1) is 139. The molecule has 1 unspecified atom stereocenters. The summed E-state index contributed by atoms with van der Waals surface area (Å²) in [6.45, 7) is 0. The minimum Gasteiger partial charge on any atom is -0.344 e. The van der Waals surface area contributed by atoms with Crippen LogP contribution in [0.15, 0.2) is 0 Å². The maximum absolute atomic E-state index is 0. The van der Waals surface area contributed by atoms with Crippen molar-refractivity contribution in [3.63, 3.8) is 0 Å². The van der Waals surface area contributed by atoms with Crippen molar-refractivity contribution in [2.75, 3.05) is 0 Å². The Kier molecular flexibility index (Phi) is 1210. The Balaban J connectivity index is 0. The van der Waals surface area contributed by atoms with Crippen LogP contribution in [0.4, 0.5) is 0 Å². The summed E-state index contributed by atoms with van der Waals surface area (Å²) in [7, 11) is 0. The van der Waals surface area contributed by atoms with Crippen LogP contribution in [0.1, 0.15) is 0 Å². The van der Waals surface area contributed by atoms with Crippen molar-refractivity contribution in [3.8, 4) is 0 Å². The van der Waals surface area contributed by atoms with Crippen molar-refractivity contribution in [1.29, 1.82) is 0 Å². The Hall–Kier alpha value is 8.84. The molecule has 12 radical (unpaired) electrons. The van der Waals surface area contributed by atoms with Crippen LogP contribution in [0, 0.1) is 0 Å². The molecule has 0 aromatic carbocycles. The van der Waals surface area contributed by atoms with Crippen LogP contribution in [-0.4, -0.2) is 150 Å². The first-order valence-corrected chi connectivity index (χ1v) is 0. The Morgan fingerprint density at radius 3 is 1.00 bits per heavy atom. The second-order valence-corrected chi connectivity index (χ2v) is 0. The first-order chi connectivity index (χ1) is 0. The van der Waals surface area contributed by atoms with E-state index >= 15 is 0 Å². The van der Waals surface area contributed by atoms with Crippen LogP contribution in [0.2, 0.25) is 0 Å². The third-order valence-corrected chi connectivity index (χ3v) is 0. The van der Waals surface area contributed by atoms with E-state index in [1.54, 1.807) is 0 Å². The van der Waals surface area contributed by atoms with Crippen LogP contribution < -0.4 is 6.15 Å². The zero-order chi connectivity index (χ0) is 0. The largest absolute Gasteiger partial charge is 0.344 e. The van der Waals surface area contributed by atoms with Crippen molar-refractivity contribution < 1.29 is 109 Å². The van der Waals surface area contributed by atoms with Gasteiger partial charge in [-0.3, -0.25) is 0 Å². The summed E-state index contributed by atoms with van der Waals surface area (Å²) in [6.07, 6.45) is 0. The van der Waals surface area contributed by atoms with Crippen LogP contribution in [0.25, 0.3) is 0 Å². The molecular formula is H8BCaCoCuFeKMgMnMoNNaPSZn. The molecule has 0 saturated carbocycles. The third-order valence-electron chi connectivity index (χ3n) is 0. The predicted octanol–water partition coefficient (Wildman–Crippen LogP) is -1.59. The quantitative estimate of drug-likeness (QED) is 0.259. The average Bonchev–Trinajstić information content (AvgIpc) is 0. The first-order valence-electron chi connectivity index (χ1n) is 0. The van der Waals surface area contributed by atoms with Gasteiger partial charge in [0.15, 0.2) is 0 Å². The molecule has 0 saturated heterocycles. The molecule has 0 amide bonds. The number of hydrogen-bond acceptors (Lipinski definition) is 1. The topological polar surface area (TPSA) is 35.0 Å². The van der Waals surface area contributed by atoms with Crippen LogP contribution >= 0.6 is 23.4 Å². The van der Waals surface area contributed by atoms with E-state index in [0.717, 1.165) is 0 Å². The second kappa shape index (κ2) is 121. The fourth-order valence-corrected chi connectivity index (χ4v) is 0. The van der Waals surface area contributed by atoms with Gasteiger partial charge in [-0.2, -0.15) is 23.4 Å². The minimum absolute atomic E-state index is 0. The summed E-state index contributed by atoms with van der Waals surface area (Å²) < 4.78 is 0. The van der Waals surface area contributed by atoms with Gasteiger partial charge in [-0.05, 0) is 0 Å². The fourth-order valence-electron chi connectivity index (χ4n) is 0. The Bertz CT molecular complexity index is 53.3. The molecule has 0 aliphatic carbocycles. The molecule has 0 aromatic rings. The summed E-state index contributed by atoms with van der Waals surface area (Å²) in [6, 6.07) is 0. The second-order valence-electron chi connectivity index (χ2n) is 0. The number of rotatable bonds is 0. The third kappa shape index (κ3) is 105. The molecule has 14 heteroatoms. The van der Waals surface area contributed by atoms with E-state index in [4.69, 9.17) is 0 Å². The standard InChI is InChI=1S/B.Ca.Co.Cu.Fe.K.Mg.Mn.Mo.H3N.Na.H3P.H2S.Zn/h;;;;;;;;;1H3;;1H3;1H2;. The van der Waals surface area contributed by atoms with Crippen molar-refractivity contribution in [2.45, 2.75) is 0 Å². The van der Waals surface area contributed by atoms with E-state index in [1.165, 1.54) is 0 Å². The van der Waals surface area contributed by atoms with Gasteiger partial charge >= 0.3 is 0 Å². The van der Waals surface area contributed by atoms with Crippen molar-refractivity contribution in [3.05, 3.63) is 0 Å². The molecule has 0 aliphatic rings. The maximum atomic E-state index is 0. The van der Waals surface area contributed by atoms with Gasteiger partial charge in [0.05, 0.1) is 0 Å². The van der Waals surface area contributed by atoms with E-state index in [9.17, 15) is 0 Å². The molecule has 3 N–H and O–H groups in total. The molecule has 0 spiro atoms. The summed E-state index contributed by atoms with van der Waals surface area (Å²) in [5, 5.41) is 0. The van der Waals surface area contributed by atoms with Crippen LogP contribution in [-0.2, 0) is 109 Å². The van der Waals surface area contributed by atoms with E-state index in [0.29, 0.717) is 0 Å². The van der Waals surface area contributed by atoms with E-state index in [2.05, 4.69) is 0 Å². The Morgan fingerprint density at radius 2 is 1.00 bits per heavy atom. The zero-order valence-corrected chi connectivity index (χ0v) is 28.8. The zero-order valence-electron chi connectivity index (χ0n) is 8.39. The summed E-state index contributed by atoms with van der Waals surface area (Å²) in [4.78, 5) is 0. The Labute approximate surface area is 280 Å². The van der Waals surface area contributed by atoms with Gasteiger partial charge in [0.25, 0.3) is 0 Å². The summed E-state index contributed by atoms with van der Waals surface area (Å²) in [5.74, 6) is 0. The van der Waals surface area contributed by atoms with Gasteiger partial charge in [-0.25, -0.2) is 0 Å². The normalized spacial score (nSPS) is 0. The molecule has 1 nitrogen and oxygen atoms in total. The van der Waals surface area contributed by atoms with E-state index in [1.807, 2.05) is 0 Å². The van der Waals surface area contributed by atoms with Gasteiger partial charge in [0, 0.05) is 259 Å². The smallest absolute Gasteiger partial charge is 0 e. The molecule has 1 atom stereocenters. The van der Waals surface area contributed by atoms with Crippen molar-refractivity contribution in [2.24, 2.45) is 0 Å². The average molecular weight is 617 g/mol. The fraction of sp³-hybridized carbons (Fsp3) is 0. The molecule has 0 bridgehead atoms. The van der Waals surface area contributed by atoms with Gasteiger partial charge in [0.2, 0.25) is 0 Å². The molecule has 14 heavy (non-hydrogen) atoms. The Morgan fingerprint density at radius 1 is 1.00 bits per heavy atom. The molecule has 76 valence electrons. The maximum Gasteiger partial charge on any atom is 0 e. The van der Waals surface area contributed by atoms with Gasteiger partial charge in [-0.1, -0.05) is 0 Å². The van der Waals surface area contributed by atoms with E-state index in [-0.39, 0.29) is 288 Å². The molecule has 0 fully saturated rings. The monoisotopic (exact) mass is 616 g/mol. The predicted molar refractivity (Wildman–Crippen MR) is 55.3 cm³/mol. The van der Waals surface area contributed by atoms with Crippen molar-refractivity contribution in [1.82, 2.24) is 6.15 Å². The van der Waals surface area contributed by atoms with Crippen molar-refractivity contribution >= 4 is 174 Å². The van der Waals surface area contributed by atoms with Gasteiger partial charge < -0.3 is 6.15 Å². The minimum atomic E-state index is 0. The summed E-state index contributed by atoms with van der Waals surface area (Å²) >= 11 is 0. The molecular weight excluding hydrogens is 609 g/mol. The molecule has 0 aromatic heterocycles. The van der Waals surface area contributed by atoms with Gasteiger partial charge in [0.1, 0.15) is 0 Å². The van der Waals surface area contributed by atoms with Crippen LogP contribution in [0.5, 0.6) is 0 Å². The molecule has 0 rings (SSSR count). The van der Waals surface area contributed by atoms with Gasteiger partial charge in [-0.15, -0.1) is 0 Å². The van der Waals surface area contributed by atoms with E-state index < -0.39 is 0 Å². The summed E-state index contributed by atoms with van der Waals surface area (Å²) in [5.41, 5.74) is 0. The molecule has 0 heterocycles. The molecule has 0 aliphatic heterocycles. The number of hydrogen-bond donors (Lipinski definition) is 1. The SMILES string of the molecule is N.P.S.[B].[Ca].[Co].[Cu].[Fe].[K].[Mg].[Mn].[Mo].[Na].[Zn].